The molecule has 0 bridgehead atoms. The smallest absolute Gasteiger partial charge is 0.240 e. The van der Waals surface area contributed by atoms with E-state index in [-0.39, 0.29) is 17.0 Å². The number of methoxy groups -OCH3 is 1. The average Bonchev–Trinajstić information content (AvgIpc) is 2.39. The molecule has 2 rings (SSSR count). The molecule has 1 aliphatic heterocycles. The molecule has 19 heavy (non-hydrogen) atoms. The highest BCUT2D eigenvalue weighted by Gasteiger charge is 2.30. The first kappa shape index (κ1) is 14.7. The molecule has 1 aromatic rings. The van der Waals surface area contributed by atoms with Crippen LogP contribution in [0.25, 0.3) is 0 Å². The Bertz CT molecular complexity index is 534. The number of rotatable bonds is 4. The molecule has 0 unspecified atom stereocenters. The zero-order valence-electron chi connectivity index (χ0n) is 10.5. The van der Waals surface area contributed by atoms with Crippen LogP contribution in [0, 0.1) is 0 Å². The van der Waals surface area contributed by atoms with Gasteiger partial charge in [-0.3, -0.25) is 0 Å². The Morgan fingerprint density at radius 1 is 1.47 bits per heavy atom. The number of benzene rings is 1. The van der Waals surface area contributed by atoms with Crippen LogP contribution in [0.4, 0.5) is 0 Å². The van der Waals surface area contributed by atoms with Gasteiger partial charge in [0.25, 0.3) is 0 Å². The molecule has 0 spiro atoms. The van der Waals surface area contributed by atoms with Gasteiger partial charge in [0.15, 0.2) is 0 Å². The van der Waals surface area contributed by atoms with Gasteiger partial charge in [0.1, 0.15) is 0 Å². The lowest BCUT2D eigenvalue weighted by molar-refractivity contribution is -0.0448. The summed E-state index contributed by atoms with van der Waals surface area (Å²) < 4.78 is 37.6. The summed E-state index contributed by atoms with van der Waals surface area (Å²) in [5.41, 5.74) is 0. The predicted octanol–water partition coefficient (Wildman–Crippen LogP) is 1.42. The van der Waals surface area contributed by atoms with E-state index >= 15 is 0 Å². The highest BCUT2D eigenvalue weighted by Crippen LogP contribution is 2.18. The summed E-state index contributed by atoms with van der Waals surface area (Å²) in [4.78, 5) is 0.154. The van der Waals surface area contributed by atoms with Gasteiger partial charge in [-0.15, -0.1) is 0 Å². The second-order valence-corrected chi connectivity index (χ2v) is 6.47. The molecule has 0 radical (unpaired) electrons. The fraction of sp³-hybridized carbons (Fsp3) is 0.500. The van der Waals surface area contributed by atoms with Crippen LogP contribution in [-0.4, -0.2) is 40.9 Å². The van der Waals surface area contributed by atoms with Crippen LogP contribution in [0.2, 0.25) is 5.02 Å². The fourth-order valence-corrected chi connectivity index (χ4v) is 3.58. The van der Waals surface area contributed by atoms with Gasteiger partial charge < -0.3 is 9.47 Å². The van der Waals surface area contributed by atoms with Gasteiger partial charge in [0, 0.05) is 18.7 Å². The molecule has 106 valence electrons. The van der Waals surface area contributed by atoms with Gasteiger partial charge in [-0.25, -0.2) is 13.1 Å². The Morgan fingerprint density at radius 3 is 2.95 bits per heavy atom. The van der Waals surface area contributed by atoms with Crippen LogP contribution >= 0.6 is 11.6 Å². The monoisotopic (exact) mass is 305 g/mol. The quantitative estimate of drug-likeness (QED) is 0.914. The van der Waals surface area contributed by atoms with Crippen molar-refractivity contribution in [3.63, 3.8) is 0 Å². The van der Waals surface area contributed by atoms with Crippen LogP contribution in [0.3, 0.4) is 0 Å². The molecule has 1 aromatic carbocycles. The minimum absolute atomic E-state index is 0.154. The molecule has 1 fully saturated rings. The van der Waals surface area contributed by atoms with Crippen molar-refractivity contribution in [3.8, 4) is 0 Å². The predicted molar refractivity (Wildman–Crippen MR) is 71.8 cm³/mol. The number of hydrogen-bond donors (Lipinski definition) is 1. The van der Waals surface area contributed by atoms with Crippen LogP contribution in [0.5, 0.6) is 0 Å². The molecule has 1 heterocycles. The Kier molecular flexibility index (Phi) is 4.81. The first-order chi connectivity index (χ1) is 9.03. The van der Waals surface area contributed by atoms with Gasteiger partial charge in [-0.05, 0) is 24.6 Å². The highest BCUT2D eigenvalue weighted by atomic mass is 35.5. The summed E-state index contributed by atoms with van der Waals surface area (Å²) in [7, 11) is -2.05. The van der Waals surface area contributed by atoms with E-state index in [0.29, 0.717) is 24.7 Å². The third-order valence-electron chi connectivity index (χ3n) is 3.02. The van der Waals surface area contributed by atoms with Crippen LogP contribution in [0.1, 0.15) is 6.42 Å². The normalized spacial score (nSPS) is 24.3. The topological polar surface area (TPSA) is 64.6 Å². The SMILES string of the molecule is CO[C@@H]1COCC[C@H]1NS(=O)(=O)c1cccc(Cl)c1. The minimum Gasteiger partial charge on any atom is -0.379 e. The van der Waals surface area contributed by atoms with Gasteiger partial charge in [0.05, 0.1) is 23.6 Å². The fourth-order valence-electron chi connectivity index (χ4n) is 1.98. The zero-order chi connectivity index (χ0) is 13.9. The van der Waals surface area contributed by atoms with Crippen LogP contribution in [-0.2, 0) is 19.5 Å². The summed E-state index contributed by atoms with van der Waals surface area (Å²) in [5.74, 6) is 0. The van der Waals surface area contributed by atoms with Crippen LogP contribution in [0.15, 0.2) is 29.2 Å². The van der Waals surface area contributed by atoms with Crippen molar-refractivity contribution in [2.24, 2.45) is 0 Å². The summed E-state index contributed by atoms with van der Waals surface area (Å²) in [6.07, 6.45) is 0.306. The summed E-state index contributed by atoms with van der Waals surface area (Å²) >= 11 is 5.81. The molecule has 1 aliphatic rings. The van der Waals surface area contributed by atoms with Gasteiger partial charge in [0.2, 0.25) is 10.0 Å². The Balaban J connectivity index is 2.16. The van der Waals surface area contributed by atoms with Crippen LogP contribution < -0.4 is 4.72 Å². The van der Waals surface area contributed by atoms with E-state index in [2.05, 4.69) is 4.72 Å². The van der Waals surface area contributed by atoms with Crippen molar-refractivity contribution < 1.29 is 17.9 Å². The molecule has 0 aliphatic carbocycles. The van der Waals surface area contributed by atoms with E-state index in [9.17, 15) is 8.42 Å². The van der Waals surface area contributed by atoms with E-state index in [0.717, 1.165) is 0 Å². The standard InChI is InChI=1S/C12H16ClNO4S/c1-17-12-8-18-6-5-11(12)14-19(15,16)10-4-2-3-9(13)7-10/h2-4,7,11-12,14H,5-6,8H2,1H3/t11-,12-/m1/s1. The molecule has 5 nitrogen and oxygen atoms in total. The molecular weight excluding hydrogens is 290 g/mol. The van der Waals surface area contributed by atoms with E-state index in [4.69, 9.17) is 21.1 Å². The number of sulfonamides is 1. The van der Waals surface area contributed by atoms with Crippen molar-refractivity contribution in [3.05, 3.63) is 29.3 Å². The Morgan fingerprint density at radius 2 is 2.26 bits per heavy atom. The average molecular weight is 306 g/mol. The van der Waals surface area contributed by atoms with Gasteiger partial charge in [-0.1, -0.05) is 17.7 Å². The minimum atomic E-state index is -3.60. The Labute approximate surface area is 117 Å². The number of halogens is 1. The summed E-state index contributed by atoms with van der Waals surface area (Å²) in [6.45, 7) is 0.905. The molecule has 0 saturated carbocycles. The van der Waals surface area contributed by atoms with E-state index in [1.54, 1.807) is 19.2 Å². The molecule has 2 atom stereocenters. The van der Waals surface area contributed by atoms with Gasteiger partial charge in [-0.2, -0.15) is 0 Å². The molecule has 0 amide bonds. The lowest BCUT2D eigenvalue weighted by Gasteiger charge is -2.30. The lowest BCUT2D eigenvalue weighted by Crippen LogP contribution is -2.49. The lowest BCUT2D eigenvalue weighted by atomic mass is 10.1. The summed E-state index contributed by atoms with van der Waals surface area (Å²) in [5, 5.41) is 0.387. The zero-order valence-corrected chi connectivity index (χ0v) is 12.1. The molecular formula is C12H16ClNO4S. The molecule has 0 aromatic heterocycles. The Hall–Kier alpha value is -0.660. The van der Waals surface area contributed by atoms with Crippen molar-refractivity contribution >= 4 is 21.6 Å². The second kappa shape index (κ2) is 6.19. The third kappa shape index (κ3) is 3.67. The van der Waals surface area contributed by atoms with Crippen molar-refractivity contribution in [1.29, 1.82) is 0 Å². The molecule has 7 heteroatoms. The number of nitrogens with one attached hydrogen (secondary N) is 1. The maximum absolute atomic E-state index is 12.2. The van der Waals surface area contributed by atoms with E-state index in [1.165, 1.54) is 12.1 Å². The number of ether oxygens (including phenoxy) is 2. The molecule has 1 saturated heterocycles. The highest BCUT2D eigenvalue weighted by molar-refractivity contribution is 7.89. The largest absolute Gasteiger partial charge is 0.379 e. The maximum atomic E-state index is 12.2. The third-order valence-corrected chi connectivity index (χ3v) is 4.74. The van der Waals surface area contributed by atoms with E-state index < -0.39 is 10.0 Å². The second-order valence-electron chi connectivity index (χ2n) is 4.32. The van der Waals surface area contributed by atoms with Crippen molar-refractivity contribution in [2.45, 2.75) is 23.5 Å². The first-order valence-corrected chi connectivity index (χ1v) is 7.77. The summed E-state index contributed by atoms with van der Waals surface area (Å²) in [6, 6.07) is 5.88. The van der Waals surface area contributed by atoms with E-state index in [1.807, 2.05) is 0 Å². The number of hydrogen-bond acceptors (Lipinski definition) is 4. The maximum Gasteiger partial charge on any atom is 0.240 e. The molecule has 1 N–H and O–H groups in total. The van der Waals surface area contributed by atoms with Crippen molar-refractivity contribution in [2.75, 3.05) is 20.3 Å². The van der Waals surface area contributed by atoms with Gasteiger partial charge >= 0.3 is 0 Å². The van der Waals surface area contributed by atoms with Crippen molar-refractivity contribution in [1.82, 2.24) is 4.72 Å². The first-order valence-electron chi connectivity index (χ1n) is 5.91.